The second kappa shape index (κ2) is 5.51. The standard InChI is InChI=1S/C17H23NO3/c1-11(2)14-10-15(19)12-8-6-7-9-13(12)18(14)16(20)21-17(3,4)5/h6-9,11,14H,10H2,1-5H3/t14-/m1/s1. The summed E-state index contributed by atoms with van der Waals surface area (Å²) in [6.45, 7) is 9.56. The quantitative estimate of drug-likeness (QED) is 0.784. The number of nitrogens with zero attached hydrogens (tertiary/aromatic N) is 1. The molecule has 0 saturated carbocycles. The third-order valence-corrected chi connectivity index (χ3v) is 3.55. The number of anilines is 1. The molecule has 4 nitrogen and oxygen atoms in total. The van der Waals surface area contributed by atoms with E-state index in [1.54, 1.807) is 11.0 Å². The highest BCUT2D eigenvalue weighted by Gasteiger charge is 2.38. The maximum atomic E-state index is 12.6. The number of hydrogen-bond donors (Lipinski definition) is 0. The molecule has 0 saturated heterocycles. The van der Waals surface area contributed by atoms with Gasteiger partial charge >= 0.3 is 6.09 Å². The SMILES string of the molecule is CC(C)[C@H]1CC(=O)c2ccccc2N1C(=O)OC(C)(C)C. The minimum atomic E-state index is -0.561. The Bertz CT molecular complexity index is 557. The van der Waals surface area contributed by atoms with E-state index in [2.05, 4.69) is 0 Å². The molecule has 0 unspecified atom stereocenters. The number of rotatable bonds is 1. The number of Topliss-reactive ketones (excluding diaryl/α,β-unsaturated/α-hetero) is 1. The van der Waals surface area contributed by atoms with E-state index in [1.807, 2.05) is 52.8 Å². The minimum Gasteiger partial charge on any atom is -0.443 e. The molecule has 1 aromatic rings. The van der Waals surface area contributed by atoms with Gasteiger partial charge in [-0.15, -0.1) is 0 Å². The lowest BCUT2D eigenvalue weighted by atomic mass is 9.89. The van der Waals surface area contributed by atoms with E-state index >= 15 is 0 Å². The average Bonchev–Trinajstić information content (AvgIpc) is 2.36. The number of para-hydroxylation sites is 1. The highest BCUT2D eigenvalue weighted by Crippen LogP contribution is 2.34. The fraction of sp³-hybridized carbons (Fsp3) is 0.529. The lowest BCUT2D eigenvalue weighted by molar-refractivity contribution is 0.0549. The van der Waals surface area contributed by atoms with E-state index < -0.39 is 5.60 Å². The molecule has 0 fully saturated rings. The Morgan fingerprint density at radius 1 is 1.29 bits per heavy atom. The number of amides is 1. The molecule has 0 spiro atoms. The van der Waals surface area contributed by atoms with Crippen molar-refractivity contribution in [2.24, 2.45) is 5.92 Å². The molecule has 4 heteroatoms. The highest BCUT2D eigenvalue weighted by molar-refractivity contribution is 6.08. The number of hydrogen-bond acceptors (Lipinski definition) is 3. The first kappa shape index (κ1) is 15.5. The van der Waals surface area contributed by atoms with Crippen LogP contribution < -0.4 is 4.90 Å². The van der Waals surface area contributed by atoms with E-state index in [9.17, 15) is 9.59 Å². The van der Waals surface area contributed by atoms with Crippen LogP contribution in [0.2, 0.25) is 0 Å². The van der Waals surface area contributed by atoms with E-state index in [1.165, 1.54) is 0 Å². The zero-order chi connectivity index (χ0) is 15.8. The van der Waals surface area contributed by atoms with Crippen LogP contribution in [-0.2, 0) is 4.74 Å². The van der Waals surface area contributed by atoms with Crippen LogP contribution in [0.4, 0.5) is 10.5 Å². The summed E-state index contributed by atoms with van der Waals surface area (Å²) in [7, 11) is 0. The van der Waals surface area contributed by atoms with Gasteiger partial charge in [-0.05, 0) is 38.8 Å². The molecule has 0 N–H and O–H groups in total. The highest BCUT2D eigenvalue weighted by atomic mass is 16.6. The molecule has 114 valence electrons. The topological polar surface area (TPSA) is 46.6 Å². The number of benzene rings is 1. The Balaban J connectivity index is 2.45. The molecule has 1 aromatic carbocycles. The lowest BCUT2D eigenvalue weighted by Gasteiger charge is -2.39. The van der Waals surface area contributed by atoms with Crippen molar-refractivity contribution in [2.75, 3.05) is 4.90 Å². The van der Waals surface area contributed by atoms with Gasteiger partial charge in [0.1, 0.15) is 5.60 Å². The van der Waals surface area contributed by atoms with Crippen molar-refractivity contribution in [1.82, 2.24) is 0 Å². The van der Waals surface area contributed by atoms with Crippen molar-refractivity contribution in [3.05, 3.63) is 29.8 Å². The van der Waals surface area contributed by atoms with Crippen LogP contribution in [-0.4, -0.2) is 23.5 Å². The van der Waals surface area contributed by atoms with Crippen molar-refractivity contribution < 1.29 is 14.3 Å². The van der Waals surface area contributed by atoms with Crippen LogP contribution in [0, 0.1) is 5.92 Å². The van der Waals surface area contributed by atoms with Crippen molar-refractivity contribution in [3.8, 4) is 0 Å². The number of carbonyl (C=O) groups excluding carboxylic acids is 2. The van der Waals surface area contributed by atoms with E-state index in [0.29, 0.717) is 17.7 Å². The molecule has 2 rings (SSSR count). The number of ether oxygens (including phenoxy) is 1. The second-order valence-electron chi connectivity index (χ2n) is 6.81. The second-order valence-corrected chi connectivity index (χ2v) is 6.81. The predicted molar refractivity (Wildman–Crippen MR) is 82.7 cm³/mol. The molecule has 21 heavy (non-hydrogen) atoms. The van der Waals surface area contributed by atoms with Crippen LogP contribution in [0.3, 0.4) is 0 Å². The summed E-state index contributed by atoms with van der Waals surface area (Å²) < 4.78 is 5.53. The monoisotopic (exact) mass is 289 g/mol. The Morgan fingerprint density at radius 2 is 1.90 bits per heavy atom. The average molecular weight is 289 g/mol. The summed E-state index contributed by atoms with van der Waals surface area (Å²) >= 11 is 0. The summed E-state index contributed by atoms with van der Waals surface area (Å²) in [5, 5.41) is 0. The molecular weight excluding hydrogens is 266 g/mol. The van der Waals surface area contributed by atoms with Crippen molar-refractivity contribution in [1.29, 1.82) is 0 Å². The van der Waals surface area contributed by atoms with E-state index in [4.69, 9.17) is 4.74 Å². The molecular formula is C17H23NO3. The summed E-state index contributed by atoms with van der Waals surface area (Å²) in [6.07, 6.45) is -0.0466. The van der Waals surface area contributed by atoms with Gasteiger partial charge in [0.05, 0.1) is 5.69 Å². The first-order valence-electron chi connectivity index (χ1n) is 7.35. The Morgan fingerprint density at radius 3 is 2.48 bits per heavy atom. The van der Waals surface area contributed by atoms with Gasteiger partial charge < -0.3 is 4.74 Å². The zero-order valence-electron chi connectivity index (χ0n) is 13.3. The third-order valence-electron chi connectivity index (χ3n) is 3.55. The fourth-order valence-corrected chi connectivity index (χ4v) is 2.57. The van der Waals surface area contributed by atoms with Crippen LogP contribution in [0.25, 0.3) is 0 Å². The molecule has 1 atom stereocenters. The zero-order valence-corrected chi connectivity index (χ0v) is 13.3. The van der Waals surface area contributed by atoms with Gasteiger partial charge in [0.15, 0.2) is 5.78 Å². The predicted octanol–water partition coefficient (Wildman–Crippen LogP) is 4.04. The number of carbonyl (C=O) groups is 2. The Labute approximate surface area is 126 Å². The van der Waals surface area contributed by atoms with Crippen LogP contribution in [0.15, 0.2) is 24.3 Å². The smallest absolute Gasteiger partial charge is 0.415 e. The van der Waals surface area contributed by atoms with Gasteiger partial charge in [-0.1, -0.05) is 26.0 Å². The van der Waals surface area contributed by atoms with Crippen molar-refractivity contribution in [2.45, 2.75) is 52.7 Å². The molecule has 0 radical (unpaired) electrons. The van der Waals surface area contributed by atoms with E-state index in [0.717, 1.165) is 0 Å². The molecule has 1 heterocycles. The molecule has 0 bridgehead atoms. The normalized spacial score (nSPS) is 18.7. The van der Waals surface area contributed by atoms with Gasteiger partial charge in [-0.2, -0.15) is 0 Å². The van der Waals surface area contributed by atoms with Crippen molar-refractivity contribution >= 4 is 17.6 Å². The lowest BCUT2D eigenvalue weighted by Crippen LogP contribution is -2.49. The van der Waals surface area contributed by atoms with Gasteiger partial charge in [0.25, 0.3) is 0 Å². The summed E-state index contributed by atoms with van der Waals surface area (Å²) in [5.74, 6) is 0.263. The third kappa shape index (κ3) is 3.26. The summed E-state index contributed by atoms with van der Waals surface area (Å²) in [6, 6.07) is 7.07. The molecule has 1 amide bonds. The molecule has 0 aromatic heterocycles. The summed E-state index contributed by atoms with van der Waals surface area (Å²) in [4.78, 5) is 26.5. The van der Waals surface area contributed by atoms with E-state index in [-0.39, 0.29) is 23.8 Å². The molecule has 1 aliphatic rings. The van der Waals surface area contributed by atoms with Crippen LogP contribution in [0.1, 0.15) is 51.4 Å². The molecule has 0 aliphatic carbocycles. The first-order valence-corrected chi connectivity index (χ1v) is 7.35. The Hall–Kier alpha value is -1.84. The first-order chi connectivity index (χ1) is 9.70. The van der Waals surface area contributed by atoms with Gasteiger partial charge in [-0.25, -0.2) is 4.79 Å². The largest absolute Gasteiger partial charge is 0.443 e. The number of fused-ring (bicyclic) bond motifs is 1. The van der Waals surface area contributed by atoms with Gasteiger partial charge in [0.2, 0.25) is 0 Å². The number of ketones is 1. The van der Waals surface area contributed by atoms with Crippen LogP contribution >= 0.6 is 0 Å². The maximum Gasteiger partial charge on any atom is 0.415 e. The van der Waals surface area contributed by atoms with Gasteiger partial charge in [0, 0.05) is 18.0 Å². The molecule has 1 aliphatic heterocycles. The van der Waals surface area contributed by atoms with Crippen LogP contribution in [0.5, 0.6) is 0 Å². The summed E-state index contributed by atoms with van der Waals surface area (Å²) in [5.41, 5.74) is 0.691. The minimum absolute atomic E-state index is 0.0871. The van der Waals surface area contributed by atoms with Crippen molar-refractivity contribution in [3.63, 3.8) is 0 Å². The maximum absolute atomic E-state index is 12.6. The fourth-order valence-electron chi connectivity index (χ4n) is 2.57. The Kier molecular flexibility index (Phi) is 4.08. The van der Waals surface area contributed by atoms with Gasteiger partial charge in [-0.3, -0.25) is 9.69 Å².